The van der Waals surface area contributed by atoms with Crippen LogP contribution in [-0.4, -0.2) is 50.9 Å². The molecule has 1 unspecified atom stereocenters. The van der Waals surface area contributed by atoms with Crippen molar-refractivity contribution in [2.24, 2.45) is 11.7 Å². The zero-order chi connectivity index (χ0) is 25.1. The molecule has 2 aliphatic heterocycles. The Labute approximate surface area is 211 Å². The number of amides is 1. The molecule has 2 N–H and O–H groups in total. The molecule has 188 valence electrons. The van der Waals surface area contributed by atoms with Crippen molar-refractivity contribution in [1.82, 2.24) is 4.90 Å². The highest BCUT2D eigenvalue weighted by atomic mass is 32.2. The average Bonchev–Trinajstić information content (AvgIpc) is 2.93. The van der Waals surface area contributed by atoms with Crippen molar-refractivity contribution >= 4 is 15.7 Å². The van der Waals surface area contributed by atoms with Crippen LogP contribution in [0.4, 0.5) is 0 Å². The quantitative estimate of drug-likeness (QED) is 0.545. The first kappa shape index (κ1) is 24.5. The van der Waals surface area contributed by atoms with E-state index in [1.165, 1.54) is 0 Å². The van der Waals surface area contributed by atoms with E-state index in [0.717, 1.165) is 40.8 Å². The normalized spacial score (nSPS) is 18.4. The maximum atomic E-state index is 12.7. The van der Waals surface area contributed by atoms with E-state index in [0.29, 0.717) is 19.7 Å². The van der Waals surface area contributed by atoms with Gasteiger partial charge in [0.2, 0.25) is 6.29 Å². The third kappa shape index (κ3) is 5.16. The van der Waals surface area contributed by atoms with E-state index in [2.05, 4.69) is 0 Å². The van der Waals surface area contributed by atoms with Crippen molar-refractivity contribution in [3.63, 3.8) is 0 Å². The fourth-order valence-corrected chi connectivity index (χ4v) is 5.91. The first-order valence-electron chi connectivity index (χ1n) is 12.2. The Morgan fingerprint density at radius 3 is 2.33 bits per heavy atom. The molecule has 1 saturated heterocycles. The van der Waals surface area contributed by atoms with E-state index < -0.39 is 9.84 Å². The van der Waals surface area contributed by atoms with Crippen LogP contribution in [0.1, 0.15) is 28.8 Å². The summed E-state index contributed by atoms with van der Waals surface area (Å²) in [6.07, 6.45) is 1.33. The third-order valence-corrected chi connectivity index (χ3v) is 8.64. The third-order valence-electron chi connectivity index (χ3n) is 6.87. The van der Waals surface area contributed by atoms with Crippen molar-refractivity contribution in [3.8, 4) is 16.9 Å². The summed E-state index contributed by atoms with van der Waals surface area (Å²) in [5.41, 5.74) is 8.98. The lowest BCUT2D eigenvalue weighted by atomic mass is 9.94. The Balaban J connectivity index is 1.21. The first-order chi connectivity index (χ1) is 17.4. The summed E-state index contributed by atoms with van der Waals surface area (Å²) < 4.78 is 36.7. The molecule has 1 fully saturated rings. The van der Waals surface area contributed by atoms with Gasteiger partial charge in [-0.1, -0.05) is 36.4 Å². The highest BCUT2D eigenvalue weighted by Crippen LogP contribution is 2.35. The molecule has 3 aromatic rings. The predicted molar refractivity (Wildman–Crippen MR) is 137 cm³/mol. The molecule has 36 heavy (non-hydrogen) atoms. The number of piperidine rings is 1. The van der Waals surface area contributed by atoms with E-state index in [9.17, 15) is 13.2 Å². The molecule has 5 rings (SSSR count). The minimum Gasteiger partial charge on any atom is -0.464 e. The Kier molecular flexibility index (Phi) is 7.09. The second-order valence-corrected chi connectivity index (χ2v) is 11.4. The monoisotopic (exact) mass is 506 g/mol. The molecule has 0 spiro atoms. The van der Waals surface area contributed by atoms with Gasteiger partial charge in [0.05, 0.1) is 17.3 Å². The highest BCUT2D eigenvalue weighted by molar-refractivity contribution is 7.91. The summed E-state index contributed by atoms with van der Waals surface area (Å²) in [5, 5.41) is 0. The molecule has 7 nitrogen and oxygen atoms in total. The average molecular weight is 507 g/mol. The number of carbonyl (C=O) groups is 1. The number of hydrogen-bond acceptors (Lipinski definition) is 6. The van der Waals surface area contributed by atoms with Gasteiger partial charge in [-0.05, 0) is 60.4 Å². The molecule has 0 bridgehead atoms. The second-order valence-electron chi connectivity index (χ2n) is 9.25. The fraction of sp³-hybridized carbons (Fsp3) is 0.321. The Morgan fingerprint density at radius 2 is 1.64 bits per heavy atom. The van der Waals surface area contributed by atoms with E-state index in [1.54, 1.807) is 12.1 Å². The summed E-state index contributed by atoms with van der Waals surface area (Å²) in [4.78, 5) is 14.9. The standard InChI is InChI=1S/C28H30N2O5S/c29-14-17-36(32,33)25-9-6-20(7-10-25)23-8-11-26-24(18-23)19-34-28(35-26)22-12-15-30(16-13-22)27(31)21-4-2-1-3-5-21/h1-11,18,22,28H,12-17,19,29H2. The number of rotatable bonds is 6. The van der Waals surface area contributed by atoms with Gasteiger partial charge in [-0.3, -0.25) is 4.79 Å². The van der Waals surface area contributed by atoms with Crippen LogP contribution in [0.3, 0.4) is 0 Å². The number of benzene rings is 3. The van der Waals surface area contributed by atoms with Crippen LogP contribution in [0.15, 0.2) is 77.7 Å². The Morgan fingerprint density at radius 1 is 0.944 bits per heavy atom. The van der Waals surface area contributed by atoms with Crippen LogP contribution in [0.25, 0.3) is 11.1 Å². The molecular formula is C28H30N2O5S. The van der Waals surface area contributed by atoms with Crippen molar-refractivity contribution in [2.75, 3.05) is 25.4 Å². The summed E-state index contributed by atoms with van der Waals surface area (Å²) in [7, 11) is -3.35. The van der Waals surface area contributed by atoms with Crippen molar-refractivity contribution in [2.45, 2.75) is 30.6 Å². The molecule has 1 amide bonds. The zero-order valence-electron chi connectivity index (χ0n) is 20.0. The van der Waals surface area contributed by atoms with Gasteiger partial charge in [-0.2, -0.15) is 0 Å². The number of fused-ring (bicyclic) bond motifs is 1. The number of nitrogens with two attached hydrogens (primary N) is 1. The van der Waals surface area contributed by atoms with E-state index in [1.807, 2.05) is 65.6 Å². The summed E-state index contributed by atoms with van der Waals surface area (Å²) in [6, 6.07) is 22.2. The van der Waals surface area contributed by atoms with Crippen molar-refractivity contribution in [3.05, 3.63) is 83.9 Å². The van der Waals surface area contributed by atoms with Gasteiger partial charge in [-0.15, -0.1) is 0 Å². The Bertz CT molecular complexity index is 1320. The summed E-state index contributed by atoms with van der Waals surface area (Å²) in [6.45, 7) is 1.91. The molecule has 0 aromatic heterocycles. The summed E-state index contributed by atoms with van der Waals surface area (Å²) >= 11 is 0. The van der Waals surface area contributed by atoms with E-state index >= 15 is 0 Å². The SMILES string of the molecule is NCCS(=O)(=O)c1ccc(-c2ccc3c(c2)COC(C2CCN(C(=O)c4ccccc4)CC2)O3)cc1. The lowest BCUT2D eigenvalue weighted by Crippen LogP contribution is -2.44. The maximum absolute atomic E-state index is 12.7. The topological polar surface area (TPSA) is 98.9 Å². The predicted octanol–water partition coefficient (Wildman–Crippen LogP) is 3.87. The van der Waals surface area contributed by atoms with Crippen LogP contribution in [0.5, 0.6) is 5.75 Å². The largest absolute Gasteiger partial charge is 0.464 e. The fourth-order valence-electron chi connectivity index (χ4n) is 4.82. The molecule has 2 aliphatic rings. The minimum atomic E-state index is -3.35. The molecule has 1 atom stereocenters. The molecular weight excluding hydrogens is 476 g/mol. The Hall–Kier alpha value is -3.20. The van der Waals surface area contributed by atoms with Crippen LogP contribution in [-0.2, 0) is 21.2 Å². The smallest absolute Gasteiger partial charge is 0.253 e. The van der Waals surface area contributed by atoms with E-state index in [-0.39, 0.29) is 35.3 Å². The van der Waals surface area contributed by atoms with Gasteiger partial charge >= 0.3 is 0 Å². The van der Waals surface area contributed by atoms with Gasteiger partial charge in [-0.25, -0.2) is 8.42 Å². The van der Waals surface area contributed by atoms with Crippen LogP contribution in [0, 0.1) is 5.92 Å². The van der Waals surface area contributed by atoms with Gasteiger partial charge in [0.25, 0.3) is 5.91 Å². The van der Waals surface area contributed by atoms with Crippen LogP contribution in [0.2, 0.25) is 0 Å². The number of sulfone groups is 1. The number of nitrogens with zero attached hydrogens (tertiary/aromatic N) is 1. The molecule has 0 aliphatic carbocycles. The molecule has 8 heteroatoms. The molecule has 0 saturated carbocycles. The minimum absolute atomic E-state index is 0.0661. The van der Waals surface area contributed by atoms with Gasteiger partial charge in [0, 0.05) is 36.7 Å². The zero-order valence-corrected chi connectivity index (χ0v) is 20.8. The molecule has 0 radical (unpaired) electrons. The molecule has 3 aromatic carbocycles. The van der Waals surface area contributed by atoms with Crippen molar-refractivity contribution < 1.29 is 22.7 Å². The maximum Gasteiger partial charge on any atom is 0.253 e. The number of carbonyl (C=O) groups excluding carboxylic acids is 1. The number of hydrogen-bond donors (Lipinski definition) is 1. The van der Waals surface area contributed by atoms with Crippen LogP contribution >= 0.6 is 0 Å². The van der Waals surface area contributed by atoms with Crippen molar-refractivity contribution in [1.29, 1.82) is 0 Å². The second kappa shape index (κ2) is 10.4. The lowest BCUT2D eigenvalue weighted by molar-refractivity contribution is -0.148. The van der Waals surface area contributed by atoms with Gasteiger partial charge in [0.15, 0.2) is 9.84 Å². The first-order valence-corrected chi connectivity index (χ1v) is 13.9. The number of ether oxygens (including phenoxy) is 2. The highest BCUT2D eigenvalue weighted by Gasteiger charge is 2.33. The van der Waals surface area contributed by atoms with Crippen LogP contribution < -0.4 is 10.5 Å². The number of likely N-dealkylation sites (tertiary alicyclic amines) is 1. The van der Waals surface area contributed by atoms with E-state index in [4.69, 9.17) is 15.2 Å². The van der Waals surface area contributed by atoms with Gasteiger partial charge < -0.3 is 20.1 Å². The lowest BCUT2D eigenvalue weighted by Gasteiger charge is -2.37. The van der Waals surface area contributed by atoms with Gasteiger partial charge in [0.1, 0.15) is 5.75 Å². The summed E-state index contributed by atoms with van der Waals surface area (Å²) in [5.74, 6) is 1.03. The molecule has 2 heterocycles.